The zero-order valence-electron chi connectivity index (χ0n) is 9.14. The quantitative estimate of drug-likeness (QED) is 0.800. The molecule has 2 nitrogen and oxygen atoms in total. The van der Waals surface area contributed by atoms with Crippen LogP contribution in [-0.2, 0) is 0 Å². The molecule has 0 aromatic heterocycles. The van der Waals surface area contributed by atoms with Crippen LogP contribution >= 0.6 is 11.6 Å². The lowest BCUT2D eigenvalue weighted by Gasteiger charge is -2.13. The molecular formula is C12H16ClNO. The minimum atomic E-state index is 0.450. The van der Waals surface area contributed by atoms with Crippen LogP contribution in [0.1, 0.15) is 11.1 Å². The van der Waals surface area contributed by atoms with E-state index >= 15 is 0 Å². The van der Waals surface area contributed by atoms with E-state index in [1.165, 1.54) is 0 Å². The summed E-state index contributed by atoms with van der Waals surface area (Å²) in [4.78, 5) is 0. The molecule has 0 heterocycles. The largest absolute Gasteiger partial charge is 0.489 e. The van der Waals surface area contributed by atoms with E-state index in [-0.39, 0.29) is 0 Å². The van der Waals surface area contributed by atoms with Crippen LogP contribution in [0.4, 0.5) is 0 Å². The summed E-state index contributed by atoms with van der Waals surface area (Å²) in [5.41, 5.74) is 8.38. The third-order valence-corrected chi connectivity index (χ3v) is 2.35. The van der Waals surface area contributed by atoms with Crippen molar-refractivity contribution in [3.05, 3.63) is 40.4 Å². The van der Waals surface area contributed by atoms with E-state index in [9.17, 15) is 0 Å². The first-order valence-electron chi connectivity index (χ1n) is 4.81. The monoisotopic (exact) mass is 225 g/mol. The van der Waals surface area contributed by atoms with Gasteiger partial charge in [-0.2, -0.15) is 0 Å². The number of benzene rings is 1. The van der Waals surface area contributed by atoms with Crippen LogP contribution in [0.25, 0.3) is 0 Å². The van der Waals surface area contributed by atoms with Gasteiger partial charge in [0.05, 0.1) is 0 Å². The topological polar surface area (TPSA) is 35.2 Å². The van der Waals surface area contributed by atoms with Crippen molar-refractivity contribution in [1.29, 1.82) is 0 Å². The Morgan fingerprint density at radius 3 is 2.40 bits per heavy atom. The van der Waals surface area contributed by atoms with Gasteiger partial charge in [0.1, 0.15) is 12.4 Å². The highest BCUT2D eigenvalue weighted by atomic mass is 35.5. The molecule has 0 saturated heterocycles. The molecule has 0 aliphatic heterocycles. The van der Waals surface area contributed by atoms with Gasteiger partial charge in [0.2, 0.25) is 0 Å². The number of rotatable bonds is 4. The van der Waals surface area contributed by atoms with E-state index in [4.69, 9.17) is 22.1 Å². The zero-order chi connectivity index (χ0) is 11.4. The summed E-state index contributed by atoms with van der Waals surface area (Å²) in [5, 5.41) is 0.731. The summed E-state index contributed by atoms with van der Waals surface area (Å²) in [6, 6.07) is 3.77. The van der Waals surface area contributed by atoms with Gasteiger partial charge in [0.15, 0.2) is 0 Å². The number of hydrogen-bond donors (Lipinski definition) is 1. The summed E-state index contributed by atoms with van der Waals surface area (Å²) in [6.45, 7) is 8.64. The van der Waals surface area contributed by atoms with Crippen molar-refractivity contribution in [2.75, 3.05) is 13.2 Å². The fourth-order valence-electron chi connectivity index (χ4n) is 1.36. The molecule has 3 heteroatoms. The Balaban J connectivity index is 2.81. The normalized spacial score (nSPS) is 10.1. The molecular weight excluding hydrogens is 210 g/mol. The van der Waals surface area contributed by atoms with E-state index in [1.807, 2.05) is 26.0 Å². The van der Waals surface area contributed by atoms with Crippen molar-refractivity contribution in [3.8, 4) is 5.75 Å². The summed E-state index contributed by atoms with van der Waals surface area (Å²) < 4.78 is 5.64. The molecule has 1 rings (SSSR count). The molecule has 0 radical (unpaired) electrons. The Morgan fingerprint density at radius 2 is 1.93 bits per heavy atom. The van der Waals surface area contributed by atoms with Gasteiger partial charge in [-0.3, -0.25) is 0 Å². The molecule has 0 bridgehead atoms. The fourth-order valence-corrected chi connectivity index (χ4v) is 1.69. The van der Waals surface area contributed by atoms with Crippen LogP contribution in [0.5, 0.6) is 5.75 Å². The lowest BCUT2D eigenvalue weighted by Crippen LogP contribution is -2.10. The highest BCUT2D eigenvalue weighted by Crippen LogP contribution is 2.27. The highest BCUT2D eigenvalue weighted by molar-refractivity contribution is 6.30. The van der Waals surface area contributed by atoms with Gasteiger partial charge < -0.3 is 10.5 Å². The van der Waals surface area contributed by atoms with Crippen molar-refractivity contribution in [2.45, 2.75) is 13.8 Å². The van der Waals surface area contributed by atoms with E-state index in [0.717, 1.165) is 27.5 Å². The van der Waals surface area contributed by atoms with Crippen LogP contribution < -0.4 is 10.5 Å². The SMILES string of the molecule is C=C(CN)COc1c(C)cc(Cl)cc1C. The Kier molecular flexibility index (Phi) is 4.18. The zero-order valence-corrected chi connectivity index (χ0v) is 9.90. The number of nitrogens with two attached hydrogens (primary N) is 1. The summed E-state index contributed by atoms with van der Waals surface area (Å²) in [7, 11) is 0. The molecule has 0 unspecified atom stereocenters. The van der Waals surface area contributed by atoms with Crippen LogP contribution in [0.2, 0.25) is 5.02 Å². The third-order valence-electron chi connectivity index (χ3n) is 2.13. The van der Waals surface area contributed by atoms with Crippen LogP contribution in [0.3, 0.4) is 0 Å². The van der Waals surface area contributed by atoms with Crippen molar-refractivity contribution < 1.29 is 4.74 Å². The first-order valence-corrected chi connectivity index (χ1v) is 5.18. The Morgan fingerprint density at radius 1 is 1.40 bits per heavy atom. The van der Waals surface area contributed by atoms with Gasteiger partial charge in [-0.25, -0.2) is 0 Å². The first-order chi connectivity index (χ1) is 7.04. The molecule has 15 heavy (non-hydrogen) atoms. The lowest BCUT2D eigenvalue weighted by atomic mass is 10.1. The predicted molar refractivity (Wildman–Crippen MR) is 64.6 cm³/mol. The molecule has 1 aromatic rings. The van der Waals surface area contributed by atoms with E-state index < -0.39 is 0 Å². The summed E-state index contributed by atoms with van der Waals surface area (Å²) in [5.74, 6) is 0.869. The third kappa shape index (κ3) is 3.26. The Hall–Kier alpha value is -0.990. The maximum absolute atomic E-state index is 5.92. The average molecular weight is 226 g/mol. The molecule has 0 saturated carbocycles. The number of halogens is 1. The summed E-state index contributed by atoms with van der Waals surface area (Å²) in [6.07, 6.45) is 0. The smallest absolute Gasteiger partial charge is 0.125 e. The van der Waals surface area contributed by atoms with Gasteiger partial charge in [-0.15, -0.1) is 0 Å². The van der Waals surface area contributed by atoms with E-state index in [2.05, 4.69) is 6.58 Å². The standard InChI is InChI=1S/C12H16ClNO/c1-8(6-14)7-15-12-9(2)4-11(13)5-10(12)3/h4-5H,1,6-7,14H2,2-3H3. The number of aryl methyl sites for hydroxylation is 2. The molecule has 82 valence electrons. The van der Waals surface area contributed by atoms with Crippen LogP contribution in [0, 0.1) is 13.8 Å². The predicted octanol–water partition coefficient (Wildman–Crippen LogP) is 2.85. The molecule has 1 aromatic carbocycles. The maximum atomic E-state index is 5.92. The van der Waals surface area contributed by atoms with Crippen LogP contribution in [0.15, 0.2) is 24.3 Å². The molecule has 0 atom stereocenters. The minimum Gasteiger partial charge on any atom is -0.489 e. The molecule has 0 amide bonds. The van der Waals surface area contributed by atoms with Gasteiger partial charge >= 0.3 is 0 Å². The Bertz CT molecular complexity index is 351. The minimum absolute atomic E-state index is 0.450. The molecule has 0 aliphatic rings. The Labute approximate surface area is 95.7 Å². The maximum Gasteiger partial charge on any atom is 0.125 e. The molecule has 0 aliphatic carbocycles. The number of ether oxygens (including phenoxy) is 1. The van der Waals surface area contributed by atoms with Gasteiger partial charge in [0.25, 0.3) is 0 Å². The van der Waals surface area contributed by atoms with E-state index in [0.29, 0.717) is 13.2 Å². The van der Waals surface area contributed by atoms with E-state index in [1.54, 1.807) is 0 Å². The lowest BCUT2D eigenvalue weighted by molar-refractivity contribution is 0.346. The van der Waals surface area contributed by atoms with Crippen molar-refractivity contribution >= 4 is 11.6 Å². The summed E-state index contributed by atoms with van der Waals surface area (Å²) >= 11 is 5.92. The first kappa shape index (κ1) is 12.1. The molecule has 0 fully saturated rings. The van der Waals surface area contributed by atoms with Gasteiger partial charge in [-0.05, 0) is 42.7 Å². The van der Waals surface area contributed by atoms with Crippen molar-refractivity contribution in [1.82, 2.24) is 0 Å². The highest BCUT2D eigenvalue weighted by Gasteiger charge is 2.05. The van der Waals surface area contributed by atoms with Gasteiger partial charge in [-0.1, -0.05) is 18.2 Å². The second-order valence-corrected chi connectivity index (χ2v) is 4.05. The van der Waals surface area contributed by atoms with Crippen molar-refractivity contribution in [3.63, 3.8) is 0 Å². The van der Waals surface area contributed by atoms with Crippen LogP contribution in [-0.4, -0.2) is 13.2 Å². The molecule has 0 spiro atoms. The average Bonchev–Trinajstić information content (AvgIpc) is 2.15. The van der Waals surface area contributed by atoms with Crippen molar-refractivity contribution in [2.24, 2.45) is 5.73 Å². The van der Waals surface area contributed by atoms with Gasteiger partial charge in [0, 0.05) is 11.6 Å². The molecule has 2 N–H and O–H groups in total. The second-order valence-electron chi connectivity index (χ2n) is 3.61. The second kappa shape index (κ2) is 5.19. The fraction of sp³-hybridized carbons (Fsp3) is 0.333. The number of hydrogen-bond acceptors (Lipinski definition) is 2.